The van der Waals surface area contributed by atoms with Crippen LogP contribution in [-0.2, 0) is 15.8 Å². The van der Waals surface area contributed by atoms with Crippen LogP contribution in [-0.4, -0.2) is 22.1 Å². The van der Waals surface area contributed by atoms with E-state index in [9.17, 15) is 36.3 Å². The maximum Gasteiger partial charge on any atom is 0.419 e. The Bertz CT molecular complexity index is 1580. The SMILES string of the molecule is CC(=O)Nc1ccc(C(=O)Nc2cc(NC(=O)[C@H]3[C@H](c4ccc(F)c(C(F)(F)F)c4)C3(Cl)Cl)ccc2Cl)c(C)c1F. The minimum absolute atomic E-state index is 0.0378. The van der Waals surface area contributed by atoms with E-state index in [0.29, 0.717) is 12.1 Å². The summed E-state index contributed by atoms with van der Waals surface area (Å²) in [5, 5.41) is 7.44. The fraction of sp³-hybridized carbons (Fsp3) is 0.222. The van der Waals surface area contributed by atoms with Crippen molar-refractivity contribution in [2.75, 3.05) is 16.0 Å². The lowest BCUT2D eigenvalue weighted by Crippen LogP contribution is -2.18. The molecule has 6 nitrogen and oxygen atoms in total. The Kier molecular flexibility index (Phi) is 8.28. The molecule has 1 fully saturated rings. The molecule has 0 saturated heterocycles. The second kappa shape index (κ2) is 11.1. The van der Waals surface area contributed by atoms with E-state index in [1.54, 1.807) is 0 Å². The van der Waals surface area contributed by atoms with Crippen molar-refractivity contribution in [2.24, 2.45) is 5.92 Å². The van der Waals surface area contributed by atoms with Crippen molar-refractivity contribution in [1.82, 2.24) is 0 Å². The molecule has 41 heavy (non-hydrogen) atoms. The first-order chi connectivity index (χ1) is 19.0. The molecule has 0 unspecified atom stereocenters. The Morgan fingerprint density at radius 2 is 1.59 bits per heavy atom. The van der Waals surface area contributed by atoms with Crippen LogP contribution in [0.15, 0.2) is 48.5 Å². The van der Waals surface area contributed by atoms with Crippen LogP contribution in [0.3, 0.4) is 0 Å². The van der Waals surface area contributed by atoms with Crippen LogP contribution >= 0.6 is 34.8 Å². The lowest BCUT2D eigenvalue weighted by molar-refractivity contribution is -0.140. The monoisotopic (exact) mass is 633 g/mol. The van der Waals surface area contributed by atoms with E-state index in [1.165, 1.54) is 44.2 Å². The van der Waals surface area contributed by atoms with Crippen molar-refractivity contribution in [3.8, 4) is 0 Å². The van der Waals surface area contributed by atoms with Gasteiger partial charge in [-0.25, -0.2) is 8.78 Å². The molecule has 2 atom stereocenters. The topological polar surface area (TPSA) is 87.3 Å². The van der Waals surface area contributed by atoms with Crippen molar-refractivity contribution in [2.45, 2.75) is 30.3 Å². The van der Waals surface area contributed by atoms with E-state index >= 15 is 0 Å². The molecule has 0 aromatic heterocycles. The number of benzene rings is 3. The van der Waals surface area contributed by atoms with Gasteiger partial charge in [-0.1, -0.05) is 17.7 Å². The van der Waals surface area contributed by atoms with Crippen molar-refractivity contribution in [3.63, 3.8) is 0 Å². The summed E-state index contributed by atoms with van der Waals surface area (Å²) in [5.74, 6) is -6.49. The average molecular weight is 635 g/mol. The number of anilines is 3. The first-order valence-corrected chi connectivity index (χ1v) is 12.9. The van der Waals surface area contributed by atoms with Gasteiger partial charge in [0.05, 0.1) is 27.9 Å². The van der Waals surface area contributed by atoms with E-state index in [1.807, 2.05) is 0 Å². The summed E-state index contributed by atoms with van der Waals surface area (Å²) in [6, 6.07) is 8.86. The molecule has 14 heteroatoms. The number of carbonyl (C=O) groups is 3. The summed E-state index contributed by atoms with van der Waals surface area (Å²) >= 11 is 18.7. The number of alkyl halides is 5. The molecule has 0 heterocycles. The van der Waals surface area contributed by atoms with Gasteiger partial charge in [0.1, 0.15) is 16.0 Å². The maximum atomic E-state index is 14.6. The summed E-state index contributed by atoms with van der Waals surface area (Å²) in [4.78, 5) is 37.1. The fourth-order valence-corrected chi connectivity index (χ4v) is 5.34. The number of nitrogens with one attached hydrogen (secondary N) is 3. The molecular formula is C27H19Cl3F5N3O3. The zero-order valence-electron chi connectivity index (χ0n) is 21.0. The third kappa shape index (κ3) is 6.27. The van der Waals surface area contributed by atoms with Gasteiger partial charge in [-0.15, -0.1) is 23.2 Å². The van der Waals surface area contributed by atoms with Crippen LogP contribution in [0.2, 0.25) is 5.02 Å². The Hall–Kier alpha value is -3.41. The molecule has 0 bridgehead atoms. The Labute approximate surface area is 245 Å². The standard InChI is InChI=1S/C27H19Cl3F5N3O3/c1-11-15(5-8-19(23(11)32)36-12(2)39)24(40)38-20-10-14(4-6-17(20)28)37-25(41)22-21(26(22,29)30)13-3-7-18(31)16(9-13)27(33,34)35/h3-10,21-22H,1-2H3,(H,36,39)(H,37,41)(H,38,40)/t21-,22+/m0/s1. The van der Waals surface area contributed by atoms with Crippen LogP contribution in [0.5, 0.6) is 0 Å². The first kappa shape index (κ1) is 30.5. The number of carbonyl (C=O) groups excluding carboxylic acids is 3. The average Bonchev–Trinajstić information content (AvgIpc) is 3.45. The van der Waals surface area contributed by atoms with Crippen LogP contribution in [0.4, 0.5) is 39.0 Å². The highest BCUT2D eigenvalue weighted by Gasteiger charge is 2.67. The third-order valence-corrected chi connectivity index (χ3v) is 7.68. The highest BCUT2D eigenvalue weighted by Crippen LogP contribution is 2.65. The van der Waals surface area contributed by atoms with E-state index in [0.717, 1.165) is 6.07 Å². The van der Waals surface area contributed by atoms with Gasteiger partial charge in [-0.2, -0.15) is 13.2 Å². The zero-order valence-corrected chi connectivity index (χ0v) is 23.3. The zero-order chi connectivity index (χ0) is 30.4. The van der Waals surface area contributed by atoms with E-state index in [2.05, 4.69) is 16.0 Å². The maximum absolute atomic E-state index is 14.6. The van der Waals surface area contributed by atoms with Crippen molar-refractivity contribution in [3.05, 3.63) is 87.4 Å². The molecule has 1 aliphatic rings. The van der Waals surface area contributed by atoms with Gasteiger partial charge in [0.15, 0.2) is 0 Å². The normalized spacial score (nSPS) is 17.5. The number of halogens is 8. The quantitative estimate of drug-likeness (QED) is 0.192. The molecular weight excluding hydrogens is 616 g/mol. The molecule has 0 spiro atoms. The largest absolute Gasteiger partial charge is 0.419 e. The molecule has 1 aliphatic carbocycles. The fourth-order valence-electron chi connectivity index (χ4n) is 4.35. The summed E-state index contributed by atoms with van der Waals surface area (Å²) in [6.07, 6.45) is -4.96. The number of hydrogen-bond donors (Lipinski definition) is 3. The minimum atomic E-state index is -4.96. The third-order valence-electron chi connectivity index (χ3n) is 6.41. The van der Waals surface area contributed by atoms with E-state index in [4.69, 9.17) is 34.8 Å². The predicted molar refractivity (Wildman–Crippen MR) is 146 cm³/mol. The Morgan fingerprint density at radius 3 is 2.22 bits per heavy atom. The number of amides is 3. The van der Waals surface area contributed by atoms with E-state index in [-0.39, 0.29) is 38.8 Å². The highest BCUT2D eigenvalue weighted by molar-refractivity contribution is 6.53. The summed E-state index contributed by atoms with van der Waals surface area (Å²) in [5.41, 5.74) is -1.59. The summed E-state index contributed by atoms with van der Waals surface area (Å²) in [6.45, 7) is 2.56. The molecule has 0 radical (unpaired) electrons. The van der Waals surface area contributed by atoms with E-state index < -0.39 is 57.3 Å². The highest BCUT2D eigenvalue weighted by atomic mass is 35.5. The van der Waals surface area contributed by atoms with Crippen LogP contribution in [0.25, 0.3) is 0 Å². The van der Waals surface area contributed by atoms with Crippen molar-refractivity contribution in [1.29, 1.82) is 0 Å². The van der Waals surface area contributed by atoms with Gasteiger partial charge in [0, 0.05) is 24.1 Å². The van der Waals surface area contributed by atoms with Gasteiger partial charge < -0.3 is 16.0 Å². The van der Waals surface area contributed by atoms with Crippen LogP contribution in [0.1, 0.15) is 39.9 Å². The molecule has 3 aromatic rings. The van der Waals surface area contributed by atoms with Crippen molar-refractivity contribution >= 4 is 69.6 Å². The summed E-state index contributed by atoms with van der Waals surface area (Å²) in [7, 11) is 0. The molecule has 216 valence electrons. The molecule has 3 aromatic carbocycles. The van der Waals surface area contributed by atoms with Gasteiger partial charge in [0.2, 0.25) is 11.8 Å². The lowest BCUT2D eigenvalue weighted by Gasteiger charge is -2.13. The molecule has 0 aliphatic heterocycles. The molecule has 4 rings (SSSR count). The van der Waals surface area contributed by atoms with Crippen LogP contribution < -0.4 is 16.0 Å². The Morgan fingerprint density at radius 1 is 0.902 bits per heavy atom. The molecule has 3 N–H and O–H groups in total. The van der Waals surface area contributed by atoms with Gasteiger partial charge in [-0.3, -0.25) is 14.4 Å². The molecule has 3 amide bonds. The summed E-state index contributed by atoms with van der Waals surface area (Å²) < 4.78 is 66.1. The molecule has 1 saturated carbocycles. The van der Waals surface area contributed by atoms with Gasteiger partial charge >= 0.3 is 6.18 Å². The lowest BCUT2D eigenvalue weighted by atomic mass is 10.0. The second-order valence-corrected chi connectivity index (χ2v) is 11.1. The second-order valence-electron chi connectivity index (χ2n) is 9.29. The number of hydrogen-bond acceptors (Lipinski definition) is 3. The predicted octanol–water partition coefficient (Wildman–Crippen LogP) is 7.68. The smallest absolute Gasteiger partial charge is 0.326 e. The van der Waals surface area contributed by atoms with Crippen molar-refractivity contribution < 1.29 is 36.3 Å². The van der Waals surface area contributed by atoms with Crippen LogP contribution in [0, 0.1) is 24.5 Å². The minimum Gasteiger partial charge on any atom is -0.326 e. The number of rotatable bonds is 6. The van der Waals surface area contributed by atoms with Gasteiger partial charge in [-0.05, 0) is 60.5 Å². The Balaban J connectivity index is 1.51. The first-order valence-electron chi connectivity index (χ1n) is 11.7. The van der Waals surface area contributed by atoms with Gasteiger partial charge in [0.25, 0.3) is 5.91 Å².